The number of benzene rings is 3. The number of rotatable bonds is 6. The molecule has 3 rings (SSSR count). The minimum absolute atomic E-state index is 0. The minimum atomic E-state index is 0. The summed E-state index contributed by atoms with van der Waals surface area (Å²) in [6, 6.07) is 22.4. The van der Waals surface area contributed by atoms with Gasteiger partial charge in [0.15, 0.2) is 0 Å². The number of methoxy groups -OCH3 is 1. The van der Waals surface area contributed by atoms with E-state index in [0.29, 0.717) is 13.2 Å². The van der Waals surface area contributed by atoms with Gasteiger partial charge in [-0.05, 0) is 41.8 Å². The molecule has 0 saturated heterocycles. The van der Waals surface area contributed by atoms with Gasteiger partial charge in [0.05, 0.1) is 7.11 Å². The smallest absolute Gasteiger partial charge is 0.127 e. The van der Waals surface area contributed by atoms with Crippen LogP contribution >= 0.6 is 12.4 Å². The highest BCUT2D eigenvalue weighted by Crippen LogP contribution is 2.35. The molecule has 0 aliphatic carbocycles. The predicted molar refractivity (Wildman–Crippen MR) is 109 cm³/mol. The molecule has 2 N–H and O–H groups in total. The number of hydrogen-bond acceptors (Lipinski definition) is 3. The molecule has 0 bridgehead atoms. The van der Waals surface area contributed by atoms with Crippen LogP contribution in [0.4, 0.5) is 0 Å². The molecule has 0 spiro atoms. The van der Waals surface area contributed by atoms with Crippen LogP contribution in [-0.4, -0.2) is 7.11 Å². The van der Waals surface area contributed by atoms with Crippen LogP contribution in [-0.2, 0) is 13.2 Å². The zero-order chi connectivity index (χ0) is 17.6. The Morgan fingerprint density at radius 1 is 0.923 bits per heavy atom. The van der Waals surface area contributed by atoms with E-state index in [-0.39, 0.29) is 12.4 Å². The summed E-state index contributed by atoms with van der Waals surface area (Å²) < 4.78 is 11.6. The molecule has 3 aromatic rings. The third-order valence-corrected chi connectivity index (χ3v) is 4.21. The summed E-state index contributed by atoms with van der Waals surface area (Å²) in [6.07, 6.45) is 0. The summed E-state index contributed by atoms with van der Waals surface area (Å²) in [7, 11) is 1.68. The van der Waals surface area contributed by atoms with Crippen LogP contribution in [0.25, 0.3) is 11.1 Å². The molecule has 0 amide bonds. The number of halogens is 1. The van der Waals surface area contributed by atoms with E-state index in [0.717, 1.165) is 39.3 Å². The average molecular weight is 370 g/mol. The molecule has 3 nitrogen and oxygen atoms in total. The Kier molecular flexibility index (Phi) is 7.07. The summed E-state index contributed by atoms with van der Waals surface area (Å²) in [5.74, 6) is 1.72. The second-order valence-corrected chi connectivity index (χ2v) is 5.96. The Labute approximate surface area is 161 Å². The highest BCUT2D eigenvalue weighted by atomic mass is 35.5. The minimum Gasteiger partial charge on any atom is -0.496 e. The molecule has 0 aromatic heterocycles. The molecule has 0 heterocycles. The molecular weight excluding hydrogens is 346 g/mol. The molecule has 0 saturated carbocycles. The number of hydrogen-bond donors (Lipinski definition) is 1. The highest BCUT2D eigenvalue weighted by Gasteiger charge is 2.12. The lowest BCUT2D eigenvalue weighted by Gasteiger charge is -2.16. The van der Waals surface area contributed by atoms with Crippen molar-refractivity contribution in [2.45, 2.75) is 20.1 Å². The van der Waals surface area contributed by atoms with Crippen LogP contribution in [0.15, 0.2) is 66.7 Å². The van der Waals surface area contributed by atoms with Crippen molar-refractivity contribution in [3.05, 3.63) is 83.4 Å². The summed E-state index contributed by atoms with van der Waals surface area (Å²) >= 11 is 0. The lowest BCUT2D eigenvalue weighted by atomic mass is 9.98. The molecule has 0 fully saturated rings. The van der Waals surface area contributed by atoms with Crippen LogP contribution in [0.5, 0.6) is 11.5 Å². The topological polar surface area (TPSA) is 44.5 Å². The van der Waals surface area contributed by atoms with E-state index in [4.69, 9.17) is 15.2 Å². The third kappa shape index (κ3) is 4.37. The van der Waals surface area contributed by atoms with Gasteiger partial charge in [-0.2, -0.15) is 0 Å². The second-order valence-electron chi connectivity index (χ2n) is 5.96. The molecule has 3 aromatic carbocycles. The van der Waals surface area contributed by atoms with E-state index in [1.54, 1.807) is 7.11 Å². The Hall–Kier alpha value is -2.49. The van der Waals surface area contributed by atoms with Gasteiger partial charge < -0.3 is 15.2 Å². The molecule has 0 radical (unpaired) electrons. The number of nitrogens with two attached hydrogens (primary N) is 1. The lowest BCUT2D eigenvalue weighted by molar-refractivity contribution is 0.307. The maximum Gasteiger partial charge on any atom is 0.127 e. The van der Waals surface area contributed by atoms with Gasteiger partial charge in [-0.3, -0.25) is 0 Å². The van der Waals surface area contributed by atoms with Crippen LogP contribution in [0.3, 0.4) is 0 Å². The fourth-order valence-corrected chi connectivity index (χ4v) is 3.01. The van der Waals surface area contributed by atoms with Gasteiger partial charge in [-0.25, -0.2) is 0 Å². The van der Waals surface area contributed by atoms with Crippen molar-refractivity contribution in [1.82, 2.24) is 0 Å². The van der Waals surface area contributed by atoms with Gasteiger partial charge >= 0.3 is 0 Å². The van der Waals surface area contributed by atoms with Gasteiger partial charge in [0.1, 0.15) is 18.1 Å². The van der Waals surface area contributed by atoms with E-state index in [1.165, 1.54) is 0 Å². The van der Waals surface area contributed by atoms with Gasteiger partial charge in [0.2, 0.25) is 0 Å². The van der Waals surface area contributed by atoms with Crippen LogP contribution in [0.1, 0.15) is 16.7 Å². The molecule has 0 aliphatic rings. The summed E-state index contributed by atoms with van der Waals surface area (Å²) in [5, 5.41) is 0. The van der Waals surface area contributed by atoms with E-state index in [9.17, 15) is 0 Å². The van der Waals surface area contributed by atoms with Crippen molar-refractivity contribution < 1.29 is 9.47 Å². The average Bonchev–Trinajstić information content (AvgIpc) is 2.66. The Balaban J connectivity index is 0.00000243. The Morgan fingerprint density at radius 2 is 1.62 bits per heavy atom. The maximum absolute atomic E-state index is 6.09. The van der Waals surface area contributed by atoms with Crippen LogP contribution < -0.4 is 15.2 Å². The first-order valence-electron chi connectivity index (χ1n) is 8.36. The zero-order valence-electron chi connectivity index (χ0n) is 15.1. The first-order chi connectivity index (χ1) is 12.2. The summed E-state index contributed by atoms with van der Waals surface area (Å²) in [4.78, 5) is 0. The maximum atomic E-state index is 6.09. The monoisotopic (exact) mass is 369 g/mol. The Morgan fingerprint density at radius 3 is 2.31 bits per heavy atom. The third-order valence-electron chi connectivity index (χ3n) is 4.21. The van der Waals surface area contributed by atoms with Crippen LogP contribution in [0.2, 0.25) is 0 Å². The molecule has 136 valence electrons. The highest BCUT2D eigenvalue weighted by molar-refractivity contribution is 5.85. The molecular formula is C22H24ClNO2. The van der Waals surface area contributed by atoms with Crippen molar-refractivity contribution in [3.8, 4) is 22.6 Å². The molecule has 0 aliphatic heterocycles. The van der Waals surface area contributed by atoms with E-state index in [1.807, 2.05) is 43.3 Å². The fraction of sp³-hybridized carbons (Fsp3) is 0.182. The van der Waals surface area contributed by atoms with Crippen molar-refractivity contribution in [1.29, 1.82) is 0 Å². The lowest BCUT2D eigenvalue weighted by Crippen LogP contribution is -2.02. The van der Waals surface area contributed by atoms with Crippen molar-refractivity contribution in [2.75, 3.05) is 7.11 Å². The normalized spacial score (nSPS) is 10.1. The quantitative estimate of drug-likeness (QED) is 0.655. The predicted octanol–water partition coefficient (Wildman–Crippen LogP) is 5.13. The van der Waals surface area contributed by atoms with Gasteiger partial charge in [0, 0.05) is 17.7 Å². The number of aryl methyl sites for hydroxylation is 1. The molecule has 26 heavy (non-hydrogen) atoms. The second kappa shape index (κ2) is 9.27. The first kappa shape index (κ1) is 19.8. The number of ether oxygens (including phenoxy) is 2. The molecule has 4 heteroatoms. The standard InChI is InChI=1S/C22H23NO2.ClH/c1-16-12-18(13-19(14-23)22(16)24-2)20-10-6-7-11-21(20)25-15-17-8-4-3-5-9-17;/h3-13H,14-15,23H2,1-2H3;1H. The van der Waals surface area contributed by atoms with Crippen LogP contribution in [0, 0.1) is 6.92 Å². The van der Waals surface area contributed by atoms with Gasteiger partial charge in [-0.1, -0.05) is 48.5 Å². The van der Waals surface area contributed by atoms with Crippen molar-refractivity contribution in [2.24, 2.45) is 5.73 Å². The van der Waals surface area contributed by atoms with Crippen molar-refractivity contribution >= 4 is 12.4 Å². The zero-order valence-corrected chi connectivity index (χ0v) is 15.9. The molecule has 0 unspecified atom stereocenters. The largest absolute Gasteiger partial charge is 0.496 e. The first-order valence-corrected chi connectivity index (χ1v) is 8.36. The summed E-state index contributed by atoms with van der Waals surface area (Å²) in [5.41, 5.74) is 11.3. The van der Waals surface area contributed by atoms with E-state index >= 15 is 0 Å². The van der Waals surface area contributed by atoms with Crippen molar-refractivity contribution in [3.63, 3.8) is 0 Å². The summed E-state index contributed by atoms with van der Waals surface area (Å²) in [6.45, 7) is 3.01. The number of para-hydroxylation sites is 1. The van der Waals surface area contributed by atoms with E-state index in [2.05, 4.69) is 30.3 Å². The van der Waals surface area contributed by atoms with Gasteiger partial charge in [0.25, 0.3) is 0 Å². The Bertz CT molecular complexity index is 850. The fourth-order valence-electron chi connectivity index (χ4n) is 3.01. The molecule has 0 atom stereocenters. The SMILES string of the molecule is COc1c(C)cc(-c2ccccc2OCc2ccccc2)cc1CN.Cl. The van der Waals surface area contributed by atoms with Gasteiger partial charge in [-0.15, -0.1) is 12.4 Å². The van der Waals surface area contributed by atoms with E-state index < -0.39 is 0 Å².